The van der Waals surface area contributed by atoms with E-state index in [0.717, 1.165) is 40.8 Å². The molecular formula is C111H93BN4. The van der Waals surface area contributed by atoms with Crippen LogP contribution in [0.5, 0.6) is 0 Å². The van der Waals surface area contributed by atoms with Gasteiger partial charge in [0.15, 0.2) is 0 Å². The maximum absolute atomic E-state index is 2.99. The van der Waals surface area contributed by atoms with Crippen LogP contribution in [-0.4, -0.2) is 23.4 Å². The van der Waals surface area contributed by atoms with Gasteiger partial charge in [0.25, 0.3) is 6.71 Å². The van der Waals surface area contributed by atoms with Crippen LogP contribution in [0.1, 0.15) is 85.6 Å². The largest absolute Gasteiger partial charge is 0.365 e. The van der Waals surface area contributed by atoms with Crippen LogP contribution in [0.4, 0.5) is 39.8 Å². The topological polar surface area (TPSA) is 14.7 Å². The molecule has 6 aliphatic carbocycles. The zero-order valence-corrected chi connectivity index (χ0v) is 67.0. The van der Waals surface area contributed by atoms with E-state index in [9.17, 15) is 0 Å². The lowest BCUT2D eigenvalue weighted by Crippen LogP contribution is -2.62. The van der Waals surface area contributed by atoms with Gasteiger partial charge in [0.05, 0.1) is 22.4 Å². The minimum Gasteiger partial charge on any atom is -0.365 e. The Morgan fingerprint density at radius 3 is 1.31 bits per heavy atom. The summed E-state index contributed by atoms with van der Waals surface area (Å²) >= 11 is 0. The molecule has 4 aliphatic heterocycles. The van der Waals surface area contributed by atoms with Crippen LogP contribution < -0.4 is 31.1 Å². The molecule has 0 N–H and O–H groups in total. The van der Waals surface area contributed by atoms with Gasteiger partial charge in [-0.1, -0.05) is 320 Å². The average Bonchev–Trinajstić information content (AvgIpc) is 1.49. The molecule has 3 unspecified atom stereocenters. The zero-order valence-electron chi connectivity index (χ0n) is 67.0. The number of aromatic nitrogens is 1. The average molecular weight is 1490 g/mol. The number of hydrogen-bond donors (Lipinski definition) is 0. The normalized spacial score (nSPS) is 20.6. The van der Waals surface area contributed by atoms with Crippen molar-refractivity contribution >= 4 is 90.3 Å². The second-order valence-corrected chi connectivity index (χ2v) is 36.7. The highest BCUT2D eigenvalue weighted by Crippen LogP contribution is 2.61. The van der Waals surface area contributed by atoms with Gasteiger partial charge in [-0.05, 0) is 228 Å². The van der Waals surface area contributed by atoms with Gasteiger partial charge in [0.1, 0.15) is 0 Å². The minimum absolute atomic E-state index is 0.0208. The van der Waals surface area contributed by atoms with Crippen molar-refractivity contribution in [1.29, 1.82) is 0 Å². The van der Waals surface area contributed by atoms with Crippen LogP contribution in [0.2, 0.25) is 0 Å². The lowest BCUT2D eigenvalue weighted by molar-refractivity contribution is 0.0900. The summed E-state index contributed by atoms with van der Waals surface area (Å²) in [5.41, 5.74) is 39.7. The summed E-state index contributed by atoms with van der Waals surface area (Å²) in [5.74, 6) is 2.49. The Bertz CT molecular complexity index is 6380. The van der Waals surface area contributed by atoms with Gasteiger partial charge >= 0.3 is 0 Å². The van der Waals surface area contributed by atoms with Gasteiger partial charge in [0, 0.05) is 91.1 Å². The lowest BCUT2D eigenvalue weighted by atomic mass is 9.33. The summed E-state index contributed by atoms with van der Waals surface area (Å²) in [6.07, 6.45) is 23.0. The Hall–Kier alpha value is -12.4. The number of anilines is 7. The van der Waals surface area contributed by atoms with E-state index in [1.807, 2.05) is 0 Å². The van der Waals surface area contributed by atoms with E-state index in [1.165, 1.54) is 199 Å². The van der Waals surface area contributed by atoms with Crippen LogP contribution in [0.3, 0.4) is 0 Å². The molecule has 4 bridgehead atoms. The third kappa shape index (κ3) is 11.1. The fourth-order valence-corrected chi connectivity index (χ4v) is 22.7. The highest BCUT2D eigenvalue weighted by Gasteiger charge is 2.52. The van der Waals surface area contributed by atoms with E-state index >= 15 is 0 Å². The molecular weight excluding hydrogens is 1400 g/mol. The molecule has 3 atom stereocenters. The number of benzene rings is 13. The molecule has 14 aromatic rings. The molecule has 116 heavy (non-hydrogen) atoms. The van der Waals surface area contributed by atoms with Gasteiger partial charge < -0.3 is 19.3 Å². The first-order valence-corrected chi connectivity index (χ1v) is 42.6. The summed E-state index contributed by atoms with van der Waals surface area (Å²) in [6.45, 7) is 14.2. The number of rotatable bonds is 11. The smallest absolute Gasteiger partial charge is 0.252 e. The Balaban J connectivity index is 0.895. The molecule has 0 amide bonds. The first-order chi connectivity index (χ1) is 56.8. The van der Waals surface area contributed by atoms with Crippen molar-refractivity contribution in [1.82, 2.24) is 4.57 Å². The SMILES string of the molecule is CC(C)(C)C1=CC2=C(c3ccc4c(c3)B3c5ccc(-n6c7ccccc7c7ccccc76)cc5N(c5c(-c6ccccc6)cc(-c6ccccc6)cc5-c5ccccc5)c5cc(N6C7CC8CC(C7)CC6C8)cc(c53)N4c3c(-c4ccccc4)cc(-c4ccccc4)cc3-c3ccccc3)C=C3C=C(C(C)(C)C)CC4C=CC(=C1)C2C34. The van der Waals surface area contributed by atoms with Gasteiger partial charge in [0.2, 0.25) is 0 Å². The minimum atomic E-state index is -0.263. The molecule has 2 saturated heterocycles. The summed E-state index contributed by atoms with van der Waals surface area (Å²) in [5, 5.41) is 2.49. The van der Waals surface area contributed by atoms with E-state index in [1.54, 1.807) is 0 Å². The second kappa shape index (κ2) is 26.6. The van der Waals surface area contributed by atoms with Gasteiger partial charge in [-0.3, -0.25) is 0 Å². The second-order valence-electron chi connectivity index (χ2n) is 36.7. The lowest BCUT2D eigenvalue weighted by Gasteiger charge is -2.58. The maximum atomic E-state index is 2.99. The molecule has 4 fully saturated rings. The highest BCUT2D eigenvalue weighted by atomic mass is 15.2. The monoisotopic (exact) mass is 1490 g/mol. The van der Waals surface area contributed by atoms with E-state index in [4.69, 9.17) is 0 Å². The number of piperidine rings is 2. The number of allylic oxidation sites excluding steroid dienone is 12. The number of para-hydroxylation sites is 2. The molecule has 4 nitrogen and oxygen atoms in total. The van der Waals surface area contributed by atoms with Crippen molar-refractivity contribution in [3.8, 4) is 72.4 Å². The molecule has 5 heterocycles. The third-order valence-electron chi connectivity index (χ3n) is 27.9. The van der Waals surface area contributed by atoms with Gasteiger partial charge in [-0.25, -0.2) is 0 Å². The van der Waals surface area contributed by atoms with Crippen LogP contribution >= 0.6 is 0 Å². The van der Waals surface area contributed by atoms with Crippen LogP contribution in [0.15, 0.2) is 368 Å². The molecule has 0 radical (unpaired) electrons. The molecule has 13 aromatic carbocycles. The maximum Gasteiger partial charge on any atom is 0.252 e. The van der Waals surface area contributed by atoms with E-state index in [2.05, 4.69) is 401 Å². The van der Waals surface area contributed by atoms with Crippen molar-refractivity contribution in [2.45, 2.75) is 92.2 Å². The molecule has 560 valence electrons. The molecule has 10 aliphatic rings. The first kappa shape index (κ1) is 69.1. The Morgan fingerprint density at radius 2 is 0.819 bits per heavy atom. The van der Waals surface area contributed by atoms with Crippen molar-refractivity contribution in [3.05, 3.63) is 373 Å². The molecule has 5 heteroatoms. The predicted octanol–water partition coefficient (Wildman–Crippen LogP) is 27.0. The predicted molar refractivity (Wildman–Crippen MR) is 490 cm³/mol. The summed E-state index contributed by atoms with van der Waals surface area (Å²) in [6, 6.07) is 118. The quantitative estimate of drug-likeness (QED) is 0.120. The van der Waals surface area contributed by atoms with Crippen LogP contribution in [0.25, 0.3) is 99.8 Å². The van der Waals surface area contributed by atoms with Crippen molar-refractivity contribution in [3.63, 3.8) is 0 Å². The molecule has 0 spiro atoms. The molecule has 24 rings (SSSR count). The standard InChI is InChI=1S/C111H93BN4/c1-110(2,3)83-56-78-45-46-79-57-84(111(4,5)6)65-96-91(63-82(58-83)105(78)106(79)96)77-47-50-101-98(64-77)112-97-49-48-85(114-99-43-27-25-41-89(99)90-42-26-28-44-100(90)114)66-102(97)116(109-94(75-37-21-11-22-38-75)61-81(72-31-15-8-16-32-72)62-95(109)76-39-23-12-24-40-76)104-68-88(113-86-52-69-51-70(54-86)55-87(113)53-69)67-103(107(104)112)115(101)108-92(73-33-17-9-18-34-73)59-80(71-29-13-7-14-30-71)60-93(108)74-35-19-10-20-36-74/h7-50,57-70,78,86-87,105-106H,51-56H2,1-6H3. The Kier molecular flexibility index (Phi) is 15.8. The Labute approximate surface area is 683 Å². The summed E-state index contributed by atoms with van der Waals surface area (Å²) < 4.78 is 2.55. The van der Waals surface area contributed by atoms with Crippen LogP contribution in [-0.2, 0) is 0 Å². The third-order valence-corrected chi connectivity index (χ3v) is 27.9. The molecule has 2 saturated carbocycles. The van der Waals surface area contributed by atoms with Gasteiger partial charge in [-0.15, -0.1) is 0 Å². The summed E-state index contributed by atoms with van der Waals surface area (Å²) in [7, 11) is 0. The molecule has 1 aromatic heterocycles. The van der Waals surface area contributed by atoms with Crippen molar-refractivity contribution < 1.29 is 0 Å². The van der Waals surface area contributed by atoms with Crippen LogP contribution in [0, 0.1) is 40.4 Å². The van der Waals surface area contributed by atoms with E-state index in [0.29, 0.717) is 23.9 Å². The van der Waals surface area contributed by atoms with E-state index in [-0.39, 0.29) is 23.5 Å². The Morgan fingerprint density at radius 1 is 0.353 bits per heavy atom. The van der Waals surface area contributed by atoms with Crippen molar-refractivity contribution in [2.75, 3.05) is 14.7 Å². The first-order valence-electron chi connectivity index (χ1n) is 42.6. The van der Waals surface area contributed by atoms with Crippen molar-refractivity contribution in [2.24, 2.45) is 40.4 Å². The zero-order chi connectivity index (χ0) is 77.4. The summed E-state index contributed by atoms with van der Waals surface area (Å²) in [4.78, 5) is 8.63. The fourth-order valence-electron chi connectivity index (χ4n) is 22.7. The van der Waals surface area contributed by atoms with Gasteiger partial charge in [-0.2, -0.15) is 0 Å². The number of hydrogen-bond acceptors (Lipinski definition) is 3. The highest BCUT2D eigenvalue weighted by molar-refractivity contribution is 7.00. The van der Waals surface area contributed by atoms with E-state index < -0.39 is 0 Å². The fraction of sp³-hybridized carbons (Fsp3) is 0.189. The number of fused-ring (bicyclic) bond motifs is 7. The number of nitrogens with zero attached hydrogens (tertiary/aromatic N) is 4.